The van der Waals surface area contributed by atoms with E-state index < -0.39 is 12.1 Å². The van der Waals surface area contributed by atoms with Crippen molar-refractivity contribution in [1.82, 2.24) is 24.1 Å². The first-order valence-electron chi connectivity index (χ1n) is 13.0. The first-order chi connectivity index (χ1) is 18.3. The van der Waals surface area contributed by atoms with E-state index in [2.05, 4.69) is 15.0 Å². The Morgan fingerprint density at radius 2 is 1.92 bits per heavy atom. The zero-order chi connectivity index (χ0) is 26.6. The lowest BCUT2D eigenvalue weighted by molar-refractivity contribution is 0.123. The maximum Gasteiger partial charge on any atom is 0.329 e. The Kier molecular flexibility index (Phi) is 6.03. The summed E-state index contributed by atoms with van der Waals surface area (Å²) in [6.45, 7) is 3.72. The SMILES string of the molecule is Cc1cnc(F)c(-c2[nH]c3ncc4c(c3c2-c2ccc(OCC(C)O)cc2)n(C2CCCC2)c(=O)n4C)c1. The summed E-state index contributed by atoms with van der Waals surface area (Å²) in [7, 11) is 1.77. The molecular weight excluding hydrogens is 485 g/mol. The van der Waals surface area contributed by atoms with Crippen LogP contribution in [-0.4, -0.2) is 41.9 Å². The van der Waals surface area contributed by atoms with E-state index in [1.165, 1.54) is 6.20 Å². The molecule has 4 heterocycles. The van der Waals surface area contributed by atoms with Crippen molar-refractivity contribution in [1.29, 1.82) is 0 Å². The first kappa shape index (κ1) is 24.4. The number of aliphatic hydroxyl groups excluding tert-OH is 1. The zero-order valence-corrected chi connectivity index (χ0v) is 21.7. The Bertz CT molecular complexity index is 1710. The fourth-order valence-electron chi connectivity index (χ4n) is 5.63. The maximum absolute atomic E-state index is 15.2. The molecule has 1 unspecified atom stereocenters. The van der Waals surface area contributed by atoms with Gasteiger partial charge in [-0.25, -0.2) is 14.8 Å². The Morgan fingerprint density at radius 1 is 1.18 bits per heavy atom. The van der Waals surface area contributed by atoms with Gasteiger partial charge in [-0.2, -0.15) is 4.39 Å². The Morgan fingerprint density at radius 3 is 2.63 bits per heavy atom. The molecule has 38 heavy (non-hydrogen) atoms. The molecule has 8 nitrogen and oxygen atoms in total. The molecule has 0 bridgehead atoms. The summed E-state index contributed by atoms with van der Waals surface area (Å²) in [5, 5.41) is 10.4. The van der Waals surface area contributed by atoms with Crippen molar-refractivity contribution in [3.8, 4) is 28.1 Å². The number of rotatable bonds is 6. The van der Waals surface area contributed by atoms with Gasteiger partial charge in [-0.1, -0.05) is 25.0 Å². The van der Waals surface area contributed by atoms with E-state index in [1.54, 1.807) is 30.8 Å². The van der Waals surface area contributed by atoms with Gasteiger partial charge in [-0.15, -0.1) is 0 Å². The molecule has 1 aromatic carbocycles. The highest BCUT2D eigenvalue weighted by Crippen LogP contribution is 2.43. The van der Waals surface area contributed by atoms with Crippen LogP contribution in [0.4, 0.5) is 4.39 Å². The van der Waals surface area contributed by atoms with Crippen LogP contribution in [0.5, 0.6) is 5.75 Å². The standard InChI is InChI=1S/C29H30FN5O3/c1-16-12-21(27(30)31-13-16)25-23(18-8-10-20(11-9-18)38-15-17(2)36)24-26-22(14-32-28(24)33-25)34(3)29(37)35(26)19-6-4-5-7-19/h8-14,17,19,36H,4-7,15H2,1-3H3,(H,32,33). The number of halogens is 1. The minimum Gasteiger partial charge on any atom is -0.491 e. The van der Waals surface area contributed by atoms with Crippen molar-refractivity contribution in [3.63, 3.8) is 0 Å². The van der Waals surface area contributed by atoms with Crippen molar-refractivity contribution < 1.29 is 14.2 Å². The highest BCUT2D eigenvalue weighted by molar-refractivity contribution is 6.14. The van der Waals surface area contributed by atoms with Gasteiger partial charge in [0.05, 0.1) is 40.0 Å². The van der Waals surface area contributed by atoms with E-state index in [0.717, 1.165) is 58.8 Å². The number of hydrogen-bond acceptors (Lipinski definition) is 5. The van der Waals surface area contributed by atoms with E-state index in [0.29, 0.717) is 22.7 Å². The van der Waals surface area contributed by atoms with Crippen molar-refractivity contribution in [3.05, 3.63) is 64.7 Å². The second kappa shape index (κ2) is 9.40. The molecule has 0 spiro atoms. The molecule has 0 aliphatic heterocycles. The summed E-state index contributed by atoms with van der Waals surface area (Å²) in [4.78, 5) is 25.5. The molecule has 0 saturated heterocycles. The summed E-state index contributed by atoms with van der Waals surface area (Å²) < 4.78 is 24.4. The fourth-order valence-corrected chi connectivity index (χ4v) is 5.63. The molecule has 1 aliphatic carbocycles. The summed E-state index contributed by atoms with van der Waals surface area (Å²) in [6.07, 6.45) is 6.69. The van der Waals surface area contributed by atoms with Crippen LogP contribution in [0.15, 0.2) is 47.5 Å². The molecule has 6 rings (SSSR count). The monoisotopic (exact) mass is 515 g/mol. The number of imidazole rings is 1. The third kappa shape index (κ3) is 3.98. The van der Waals surface area contributed by atoms with Crippen LogP contribution in [0.25, 0.3) is 44.5 Å². The molecular formula is C29H30FN5O3. The summed E-state index contributed by atoms with van der Waals surface area (Å²) >= 11 is 0. The van der Waals surface area contributed by atoms with Gasteiger partial charge in [0.15, 0.2) is 0 Å². The second-order valence-corrected chi connectivity index (χ2v) is 10.3. The zero-order valence-electron chi connectivity index (χ0n) is 21.7. The molecule has 1 fully saturated rings. The van der Waals surface area contributed by atoms with Gasteiger partial charge in [0, 0.05) is 24.8 Å². The maximum atomic E-state index is 15.2. The fraction of sp³-hybridized carbons (Fsp3) is 0.345. The van der Waals surface area contributed by atoms with Crippen LogP contribution >= 0.6 is 0 Å². The van der Waals surface area contributed by atoms with Gasteiger partial charge in [-0.05, 0) is 56.0 Å². The summed E-state index contributed by atoms with van der Waals surface area (Å²) in [6, 6.07) is 9.34. The van der Waals surface area contributed by atoms with Crippen LogP contribution in [-0.2, 0) is 7.05 Å². The van der Waals surface area contributed by atoms with Crippen LogP contribution in [0.3, 0.4) is 0 Å². The molecule has 196 valence electrons. The van der Waals surface area contributed by atoms with Crippen molar-refractivity contribution in [2.45, 2.75) is 51.7 Å². The Hall–Kier alpha value is -3.98. The molecule has 9 heteroatoms. The number of benzene rings is 1. The van der Waals surface area contributed by atoms with Gasteiger partial charge >= 0.3 is 5.69 Å². The lowest BCUT2D eigenvalue weighted by Gasteiger charge is -2.13. The highest BCUT2D eigenvalue weighted by Gasteiger charge is 2.28. The molecule has 1 atom stereocenters. The number of nitrogens with zero attached hydrogens (tertiary/aromatic N) is 4. The number of aromatic amines is 1. The van der Waals surface area contributed by atoms with Gasteiger partial charge in [0.2, 0.25) is 5.95 Å². The second-order valence-electron chi connectivity index (χ2n) is 10.3. The Labute approximate surface area is 218 Å². The van der Waals surface area contributed by atoms with Crippen LogP contribution in [0.2, 0.25) is 0 Å². The molecule has 1 aliphatic rings. The number of H-pyrrole nitrogens is 1. The molecule has 0 radical (unpaired) electrons. The lowest BCUT2D eigenvalue weighted by Crippen LogP contribution is -2.24. The van der Waals surface area contributed by atoms with Gasteiger partial charge in [0.25, 0.3) is 0 Å². The van der Waals surface area contributed by atoms with Gasteiger partial charge in [-0.3, -0.25) is 9.13 Å². The number of pyridine rings is 2. The third-order valence-electron chi connectivity index (χ3n) is 7.44. The van der Waals surface area contributed by atoms with Crippen molar-refractivity contribution in [2.24, 2.45) is 7.05 Å². The average Bonchev–Trinajstić information content (AvgIpc) is 3.62. The number of ether oxygens (including phenoxy) is 1. The number of aromatic nitrogens is 5. The minimum absolute atomic E-state index is 0.0693. The lowest BCUT2D eigenvalue weighted by atomic mass is 9.98. The van der Waals surface area contributed by atoms with Gasteiger partial charge < -0.3 is 14.8 Å². The number of hydrogen-bond donors (Lipinski definition) is 2. The van der Waals surface area contributed by atoms with Gasteiger partial charge in [0.1, 0.15) is 18.0 Å². The summed E-state index contributed by atoms with van der Waals surface area (Å²) in [5.74, 6) is 0.0306. The smallest absolute Gasteiger partial charge is 0.329 e. The Balaban J connectivity index is 1.67. The molecule has 2 N–H and O–H groups in total. The van der Waals surface area contributed by atoms with Crippen molar-refractivity contribution >= 4 is 22.1 Å². The molecule has 5 aromatic rings. The van der Waals surface area contributed by atoms with Crippen molar-refractivity contribution in [2.75, 3.05) is 6.61 Å². The van der Waals surface area contributed by atoms with Crippen LogP contribution in [0, 0.1) is 12.9 Å². The van der Waals surface area contributed by atoms with Crippen LogP contribution in [0.1, 0.15) is 44.2 Å². The number of fused-ring (bicyclic) bond motifs is 3. The molecule has 1 saturated carbocycles. The molecule has 4 aromatic heterocycles. The minimum atomic E-state index is -0.587. The van der Waals surface area contributed by atoms with E-state index in [-0.39, 0.29) is 18.3 Å². The predicted molar refractivity (Wildman–Crippen MR) is 145 cm³/mol. The van der Waals surface area contributed by atoms with E-state index in [1.807, 2.05) is 35.8 Å². The highest BCUT2D eigenvalue weighted by atomic mass is 19.1. The van der Waals surface area contributed by atoms with Crippen LogP contribution < -0.4 is 10.4 Å². The predicted octanol–water partition coefficient (Wildman–Crippen LogP) is 5.27. The number of nitrogens with one attached hydrogen (secondary N) is 1. The number of aliphatic hydroxyl groups is 1. The molecule has 0 amide bonds. The van der Waals surface area contributed by atoms with E-state index in [4.69, 9.17) is 4.74 Å². The summed E-state index contributed by atoms with van der Waals surface area (Å²) in [5.41, 5.74) is 5.35. The average molecular weight is 516 g/mol. The largest absolute Gasteiger partial charge is 0.491 e. The third-order valence-corrected chi connectivity index (χ3v) is 7.44. The number of aryl methyl sites for hydroxylation is 2. The first-order valence-corrected chi connectivity index (χ1v) is 13.0. The topological polar surface area (TPSA) is 98.0 Å². The van der Waals surface area contributed by atoms with E-state index >= 15 is 4.39 Å². The quantitative estimate of drug-likeness (QED) is 0.300. The van der Waals surface area contributed by atoms with E-state index in [9.17, 15) is 9.90 Å². The normalized spacial score (nSPS) is 15.1.